The molecule has 0 saturated carbocycles. The highest BCUT2D eigenvalue weighted by molar-refractivity contribution is 14.1. The number of ether oxygens (including phenoxy) is 2. The summed E-state index contributed by atoms with van der Waals surface area (Å²) < 4.78 is 12.3. The van der Waals surface area contributed by atoms with Crippen LogP contribution < -0.4 is 9.47 Å². The maximum absolute atomic E-state index is 12.9. The van der Waals surface area contributed by atoms with Gasteiger partial charge in [0.1, 0.15) is 0 Å². The van der Waals surface area contributed by atoms with Gasteiger partial charge in [-0.3, -0.25) is 14.5 Å². The van der Waals surface area contributed by atoms with Gasteiger partial charge in [0.05, 0.1) is 39.9 Å². The summed E-state index contributed by atoms with van der Waals surface area (Å²) >= 11 is 3.06. The molecule has 160 valence electrons. The van der Waals surface area contributed by atoms with Gasteiger partial charge in [-0.15, -0.1) is 0 Å². The van der Waals surface area contributed by atoms with E-state index in [2.05, 4.69) is 28.7 Å². The van der Waals surface area contributed by atoms with Crippen LogP contribution in [0, 0.1) is 14.9 Å². The SMILES string of the molecule is CC[C@@H](C)Oc1c(I)cc(/C=C2/SC(=O)N(Cc3ccccc3C#N)C2=O)cc1OC. The topological polar surface area (TPSA) is 79.6 Å². The number of imide groups is 1. The number of amides is 2. The van der Waals surface area contributed by atoms with Crippen molar-refractivity contribution in [2.75, 3.05) is 7.11 Å². The highest BCUT2D eigenvalue weighted by Gasteiger charge is 2.35. The van der Waals surface area contributed by atoms with E-state index in [0.717, 1.165) is 32.2 Å². The Bertz CT molecular complexity index is 1090. The summed E-state index contributed by atoms with van der Waals surface area (Å²) in [7, 11) is 1.57. The Labute approximate surface area is 199 Å². The second-order valence-electron chi connectivity index (χ2n) is 6.91. The van der Waals surface area contributed by atoms with Crippen LogP contribution in [0.3, 0.4) is 0 Å². The molecule has 1 heterocycles. The van der Waals surface area contributed by atoms with E-state index < -0.39 is 0 Å². The predicted molar refractivity (Wildman–Crippen MR) is 129 cm³/mol. The molecule has 0 spiro atoms. The van der Waals surface area contributed by atoms with Gasteiger partial charge in [0.2, 0.25) is 0 Å². The molecule has 6 nitrogen and oxygen atoms in total. The van der Waals surface area contributed by atoms with Gasteiger partial charge in [0, 0.05) is 0 Å². The van der Waals surface area contributed by atoms with E-state index in [4.69, 9.17) is 9.47 Å². The van der Waals surface area contributed by atoms with Crippen LogP contribution in [0.1, 0.15) is 37.0 Å². The number of hydrogen-bond acceptors (Lipinski definition) is 6. The molecule has 2 aromatic rings. The lowest BCUT2D eigenvalue weighted by molar-refractivity contribution is -0.123. The molecule has 3 rings (SSSR count). The molecule has 0 unspecified atom stereocenters. The molecule has 0 aliphatic carbocycles. The minimum absolute atomic E-state index is 0.0426. The lowest BCUT2D eigenvalue weighted by Crippen LogP contribution is -2.27. The third-order valence-corrected chi connectivity index (χ3v) is 6.49. The average molecular weight is 548 g/mol. The smallest absolute Gasteiger partial charge is 0.293 e. The first kappa shape index (κ1) is 23.2. The fourth-order valence-electron chi connectivity index (χ4n) is 2.95. The van der Waals surface area contributed by atoms with Crippen molar-refractivity contribution in [2.24, 2.45) is 0 Å². The van der Waals surface area contributed by atoms with Crippen molar-refractivity contribution in [1.29, 1.82) is 5.26 Å². The molecule has 0 N–H and O–H groups in total. The van der Waals surface area contributed by atoms with E-state index in [9.17, 15) is 14.9 Å². The van der Waals surface area contributed by atoms with Gasteiger partial charge >= 0.3 is 0 Å². The summed E-state index contributed by atoms with van der Waals surface area (Å²) in [5.74, 6) is 0.855. The summed E-state index contributed by atoms with van der Waals surface area (Å²) in [5, 5.41) is 8.90. The van der Waals surface area contributed by atoms with Crippen LogP contribution in [-0.4, -0.2) is 29.3 Å². The zero-order chi connectivity index (χ0) is 22.5. The Hall–Kier alpha value is -2.51. The number of hydrogen-bond donors (Lipinski definition) is 0. The summed E-state index contributed by atoms with van der Waals surface area (Å²) in [6.07, 6.45) is 2.59. The van der Waals surface area contributed by atoms with E-state index in [-0.39, 0.29) is 23.8 Å². The van der Waals surface area contributed by atoms with E-state index in [1.54, 1.807) is 43.5 Å². The Morgan fingerprint density at radius 1 is 1.29 bits per heavy atom. The zero-order valence-corrected chi connectivity index (χ0v) is 20.3. The van der Waals surface area contributed by atoms with Gasteiger partial charge in [-0.05, 0) is 83.1 Å². The van der Waals surface area contributed by atoms with Crippen LogP contribution in [0.2, 0.25) is 0 Å². The Balaban J connectivity index is 1.87. The van der Waals surface area contributed by atoms with Crippen LogP contribution in [0.15, 0.2) is 41.3 Å². The van der Waals surface area contributed by atoms with E-state index in [1.165, 1.54) is 0 Å². The Kier molecular flexibility index (Phi) is 7.62. The molecular formula is C23H21IN2O4S. The third-order valence-electron chi connectivity index (χ3n) is 4.78. The van der Waals surface area contributed by atoms with Crippen LogP contribution in [-0.2, 0) is 11.3 Å². The summed E-state index contributed by atoms with van der Waals surface area (Å²) in [6.45, 7) is 4.10. The fraction of sp³-hybridized carbons (Fsp3) is 0.261. The number of rotatable bonds is 7. The van der Waals surface area contributed by atoms with Gasteiger partial charge < -0.3 is 9.47 Å². The number of methoxy groups -OCH3 is 1. The highest BCUT2D eigenvalue weighted by atomic mass is 127. The molecule has 2 amide bonds. The van der Waals surface area contributed by atoms with E-state index in [0.29, 0.717) is 27.5 Å². The molecule has 8 heteroatoms. The highest BCUT2D eigenvalue weighted by Crippen LogP contribution is 2.38. The Morgan fingerprint density at radius 3 is 2.71 bits per heavy atom. The lowest BCUT2D eigenvalue weighted by atomic mass is 10.1. The fourth-order valence-corrected chi connectivity index (χ4v) is 4.54. The molecule has 1 atom stereocenters. The van der Waals surface area contributed by atoms with Crippen LogP contribution in [0.25, 0.3) is 6.08 Å². The quantitative estimate of drug-likeness (QED) is 0.332. The van der Waals surface area contributed by atoms with Crippen molar-refractivity contribution in [3.05, 3.63) is 61.6 Å². The zero-order valence-electron chi connectivity index (χ0n) is 17.3. The molecule has 31 heavy (non-hydrogen) atoms. The standard InChI is InChI=1S/C23H21IN2O4S/c1-4-14(2)30-21-18(24)9-15(10-19(21)29-3)11-20-22(27)26(23(28)31-20)13-17-8-6-5-7-16(17)12-25/h5-11,14H,4,13H2,1-3H3/b20-11+/t14-/m1/s1. The summed E-state index contributed by atoms with van der Waals surface area (Å²) in [5.41, 5.74) is 1.82. The van der Waals surface area contributed by atoms with Gasteiger partial charge in [0.15, 0.2) is 11.5 Å². The van der Waals surface area contributed by atoms with E-state index in [1.807, 2.05) is 19.9 Å². The van der Waals surface area contributed by atoms with Crippen molar-refractivity contribution in [3.63, 3.8) is 0 Å². The predicted octanol–water partition coefficient (Wildman–Crippen LogP) is 5.59. The van der Waals surface area contributed by atoms with Crippen molar-refractivity contribution >= 4 is 51.6 Å². The molecule has 0 aromatic heterocycles. The van der Waals surface area contributed by atoms with Crippen LogP contribution >= 0.6 is 34.4 Å². The molecule has 2 aromatic carbocycles. The minimum atomic E-state index is -0.378. The first-order valence-corrected chi connectivity index (χ1v) is 11.5. The maximum atomic E-state index is 12.9. The van der Waals surface area contributed by atoms with Gasteiger partial charge in [-0.25, -0.2) is 0 Å². The third kappa shape index (κ3) is 5.22. The molecule has 1 aliphatic heterocycles. The van der Waals surface area contributed by atoms with Crippen molar-refractivity contribution < 1.29 is 19.1 Å². The van der Waals surface area contributed by atoms with Crippen LogP contribution in [0.4, 0.5) is 4.79 Å². The van der Waals surface area contributed by atoms with Crippen LogP contribution in [0.5, 0.6) is 11.5 Å². The van der Waals surface area contributed by atoms with E-state index >= 15 is 0 Å². The normalized spacial score (nSPS) is 15.8. The number of carbonyl (C=O) groups is 2. The molecule has 0 bridgehead atoms. The average Bonchev–Trinajstić information content (AvgIpc) is 3.02. The van der Waals surface area contributed by atoms with Crippen molar-refractivity contribution in [3.8, 4) is 17.6 Å². The lowest BCUT2D eigenvalue weighted by Gasteiger charge is -2.17. The van der Waals surface area contributed by atoms with Gasteiger partial charge in [-0.1, -0.05) is 25.1 Å². The molecule has 1 fully saturated rings. The van der Waals surface area contributed by atoms with Gasteiger partial charge in [0.25, 0.3) is 11.1 Å². The number of benzene rings is 2. The first-order chi connectivity index (χ1) is 14.9. The maximum Gasteiger partial charge on any atom is 0.293 e. The molecule has 1 aliphatic rings. The first-order valence-electron chi connectivity index (χ1n) is 9.65. The summed E-state index contributed by atoms with van der Waals surface area (Å²) in [6, 6.07) is 12.7. The Morgan fingerprint density at radius 2 is 2.03 bits per heavy atom. The number of halogens is 1. The summed E-state index contributed by atoms with van der Waals surface area (Å²) in [4.78, 5) is 26.9. The molecular weight excluding hydrogens is 527 g/mol. The number of nitrogens with zero attached hydrogens (tertiary/aromatic N) is 2. The minimum Gasteiger partial charge on any atom is -0.493 e. The van der Waals surface area contributed by atoms with Crippen molar-refractivity contribution in [2.45, 2.75) is 32.9 Å². The second-order valence-corrected chi connectivity index (χ2v) is 9.06. The number of thioether (sulfide) groups is 1. The number of nitriles is 1. The monoisotopic (exact) mass is 548 g/mol. The second kappa shape index (κ2) is 10.2. The largest absolute Gasteiger partial charge is 0.493 e. The number of carbonyl (C=O) groups excluding carboxylic acids is 2. The van der Waals surface area contributed by atoms with Gasteiger partial charge in [-0.2, -0.15) is 5.26 Å². The molecule has 0 radical (unpaired) electrons. The molecule has 1 saturated heterocycles. The van der Waals surface area contributed by atoms with Crippen molar-refractivity contribution in [1.82, 2.24) is 4.90 Å².